The molecule has 1 amide bonds. The highest BCUT2D eigenvalue weighted by molar-refractivity contribution is 8.00. The van der Waals surface area contributed by atoms with Gasteiger partial charge in [-0.3, -0.25) is 4.79 Å². The third-order valence-corrected chi connectivity index (χ3v) is 4.75. The summed E-state index contributed by atoms with van der Waals surface area (Å²) in [7, 11) is 0. The van der Waals surface area contributed by atoms with E-state index in [1.54, 1.807) is 18.2 Å². The van der Waals surface area contributed by atoms with Crippen molar-refractivity contribution in [3.63, 3.8) is 0 Å². The summed E-state index contributed by atoms with van der Waals surface area (Å²) in [6.45, 7) is 0.549. The van der Waals surface area contributed by atoms with Crippen molar-refractivity contribution in [3.05, 3.63) is 28.2 Å². The largest absolute Gasteiger partial charge is 0.354 e. The first kappa shape index (κ1) is 17.9. The molecule has 1 aromatic carbocycles. The first-order valence-corrected chi connectivity index (χ1v) is 7.90. The molecule has 0 bridgehead atoms. The fraction of sp³-hybridized carbons (Fsp3) is 0.462. The Bertz CT molecular complexity index is 469. The molecule has 1 aliphatic carbocycles. The molecule has 1 saturated carbocycles. The molecule has 7 heteroatoms. The Morgan fingerprint density at radius 3 is 2.80 bits per heavy atom. The van der Waals surface area contributed by atoms with E-state index in [-0.39, 0.29) is 24.4 Å². The number of thioether (sulfide) groups is 1. The molecule has 1 aliphatic rings. The fourth-order valence-electron chi connectivity index (χ4n) is 1.70. The molecule has 3 nitrogen and oxygen atoms in total. The first-order valence-electron chi connectivity index (χ1n) is 6.16. The monoisotopic (exact) mass is 354 g/mol. The zero-order valence-corrected chi connectivity index (χ0v) is 13.9. The van der Waals surface area contributed by atoms with E-state index in [1.165, 1.54) is 24.6 Å². The Hall–Kier alpha value is -0.130. The molecule has 0 heterocycles. The molecule has 20 heavy (non-hydrogen) atoms. The number of halogens is 3. The number of nitrogens with two attached hydrogens (primary N) is 1. The van der Waals surface area contributed by atoms with Gasteiger partial charge in [0.15, 0.2) is 0 Å². The average Bonchev–Trinajstić information content (AvgIpc) is 3.21. The maximum atomic E-state index is 11.7. The molecule has 112 valence electrons. The second-order valence-electron chi connectivity index (χ2n) is 4.67. The first-order chi connectivity index (χ1) is 9.06. The lowest BCUT2D eigenvalue weighted by Crippen LogP contribution is -2.39. The van der Waals surface area contributed by atoms with Gasteiger partial charge in [0.05, 0.1) is 10.8 Å². The van der Waals surface area contributed by atoms with Crippen molar-refractivity contribution in [1.82, 2.24) is 5.32 Å². The summed E-state index contributed by atoms with van der Waals surface area (Å²) in [4.78, 5) is 12.5. The van der Waals surface area contributed by atoms with Gasteiger partial charge < -0.3 is 11.1 Å². The molecule has 3 N–H and O–H groups in total. The number of amides is 1. The van der Waals surface area contributed by atoms with E-state index in [4.69, 9.17) is 28.9 Å². The minimum absolute atomic E-state index is 0. The van der Waals surface area contributed by atoms with Crippen LogP contribution in [0.3, 0.4) is 0 Å². The van der Waals surface area contributed by atoms with Gasteiger partial charge in [-0.15, -0.1) is 24.2 Å². The van der Waals surface area contributed by atoms with Gasteiger partial charge in [0, 0.05) is 22.5 Å². The second kappa shape index (κ2) is 8.35. The van der Waals surface area contributed by atoms with E-state index in [0.29, 0.717) is 28.3 Å². The van der Waals surface area contributed by atoms with Gasteiger partial charge in [-0.05, 0) is 37.0 Å². The minimum Gasteiger partial charge on any atom is -0.354 e. The summed E-state index contributed by atoms with van der Waals surface area (Å²) in [5, 5.41) is 4.07. The molecule has 0 radical (unpaired) electrons. The molecule has 1 unspecified atom stereocenters. The number of carbonyl (C=O) groups is 1. The second-order valence-corrected chi connectivity index (χ2v) is 6.53. The van der Waals surface area contributed by atoms with Gasteiger partial charge in [-0.1, -0.05) is 23.2 Å². The molecule has 1 atom stereocenters. The van der Waals surface area contributed by atoms with E-state index < -0.39 is 0 Å². The Labute approximate surface area is 139 Å². The molecule has 2 rings (SSSR count). The Balaban J connectivity index is 0.00000200. The summed E-state index contributed by atoms with van der Waals surface area (Å²) >= 11 is 13.3. The van der Waals surface area contributed by atoms with Crippen LogP contribution in [0.25, 0.3) is 0 Å². The normalized spacial score (nSPS) is 15.3. The Kier molecular flexibility index (Phi) is 7.48. The van der Waals surface area contributed by atoms with Crippen molar-refractivity contribution in [1.29, 1.82) is 0 Å². The van der Waals surface area contributed by atoms with Crippen molar-refractivity contribution in [3.8, 4) is 0 Å². The summed E-state index contributed by atoms with van der Waals surface area (Å²) in [5.74, 6) is 0.879. The van der Waals surface area contributed by atoms with Crippen LogP contribution in [0, 0.1) is 5.92 Å². The highest BCUT2D eigenvalue weighted by Gasteiger charge is 2.28. The van der Waals surface area contributed by atoms with Crippen LogP contribution in [0.2, 0.25) is 10.0 Å². The molecule has 0 spiro atoms. The molecule has 0 aromatic heterocycles. The van der Waals surface area contributed by atoms with Gasteiger partial charge in [0.1, 0.15) is 0 Å². The minimum atomic E-state index is -0.0304. The van der Waals surface area contributed by atoms with Gasteiger partial charge in [0.2, 0.25) is 5.91 Å². The van der Waals surface area contributed by atoms with Gasteiger partial charge in [-0.25, -0.2) is 0 Å². The van der Waals surface area contributed by atoms with Crippen LogP contribution in [0.1, 0.15) is 12.8 Å². The van der Waals surface area contributed by atoms with Crippen LogP contribution >= 0.6 is 47.4 Å². The summed E-state index contributed by atoms with van der Waals surface area (Å²) in [5.41, 5.74) is 5.92. The van der Waals surface area contributed by atoms with Crippen LogP contribution < -0.4 is 11.1 Å². The Morgan fingerprint density at radius 1 is 1.45 bits per heavy atom. The van der Waals surface area contributed by atoms with E-state index in [2.05, 4.69) is 5.32 Å². The standard InChI is InChI=1S/C13H16Cl2N2OS.ClH/c14-9-3-4-10(15)12(5-9)19-7-13(18)17-6-11(16)8-1-2-8;/h3-5,8,11H,1-2,6-7,16H2,(H,17,18);1H. The number of hydrogen-bond acceptors (Lipinski definition) is 3. The van der Waals surface area contributed by atoms with E-state index in [1.807, 2.05) is 0 Å². The molecule has 0 saturated heterocycles. The third kappa shape index (κ3) is 5.70. The topological polar surface area (TPSA) is 55.1 Å². The van der Waals surface area contributed by atoms with Gasteiger partial charge in [-0.2, -0.15) is 0 Å². The molecule has 1 fully saturated rings. The fourth-order valence-corrected chi connectivity index (χ4v) is 3.03. The molecule has 1 aromatic rings. The van der Waals surface area contributed by atoms with Crippen LogP contribution in [0.5, 0.6) is 0 Å². The number of carbonyl (C=O) groups excluding carboxylic acids is 1. The number of benzene rings is 1. The van der Waals surface area contributed by atoms with Crippen LogP contribution in [0.4, 0.5) is 0 Å². The number of nitrogens with one attached hydrogen (secondary N) is 1. The van der Waals surface area contributed by atoms with Crippen LogP contribution in [-0.4, -0.2) is 24.2 Å². The van der Waals surface area contributed by atoms with Crippen molar-refractivity contribution >= 4 is 53.3 Å². The molecule has 0 aliphatic heterocycles. The highest BCUT2D eigenvalue weighted by Crippen LogP contribution is 2.31. The lowest BCUT2D eigenvalue weighted by molar-refractivity contribution is -0.118. The maximum Gasteiger partial charge on any atom is 0.230 e. The van der Waals surface area contributed by atoms with E-state index >= 15 is 0 Å². The summed E-state index contributed by atoms with van der Waals surface area (Å²) in [6, 6.07) is 5.30. The lowest BCUT2D eigenvalue weighted by atomic mass is 10.2. The highest BCUT2D eigenvalue weighted by atomic mass is 35.5. The smallest absolute Gasteiger partial charge is 0.230 e. The lowest BCUT2D eigenvalue weighted by Gasteiger charge is -2.11. The summed E-state index contributed by atoms with van der Waals surface area (Å²) < 4.78 is 0. The number of rotatable bonds is 6. The predicted octanol–water partition coefficient (Wildman–Crippen LogP) is 3.36. The van der Waals surface area contributed by atoms with E-state index in [9.17, 15) is 4.79 Å². The van der Waals surface area contributed by atoms with Gasteiger partial charge >= 0.3 is 0 Å². The Morgan fingerprint density at radius 2 is 2.15 bits per heavy atom. The quantitative estimate of drug-likeness (QED) is 0.769. The van der Waals surface area contributed by atoms with E-state index in [0.717, 1.165) is 4.90 Å². The summed E-state index contributed by atoms with van der Waals surface area (Å²) in [6.07, 6.45) is 2.37. The zero-order valence-electron chi connectivity index (χ0n) is 10.8. The average molecular weight is 356 g/mol. The number of hydrogen-bond donors (Lipinski definition) is 2. The molecular formula is C13H17Cl3N2OS. The van der Waals surface area contributed by atoms with Crippen LogP contribution in [0.15, 0.2) is 23.1 Å². The van der Waals surface area contributed by atoms with Crippen molar-refractivity contribution in [2.75, 3.05) is 12.3 Å². The van der Waals surface area contributed by atoms with Crippen molar-refractivity contribution in [2.24, 2.45) is 11.7 Å². The molecular weight excluding hydrogens is 339 g/mol. The van der Waals surface area contributed by atoms with Crippen molar-refractivity contribution in [2.45, 2.75) is 23.8 Å². The van der Waals surface area contributed by atoms with Gasteiger partial charge in [0.25, 0.3) is 0 Å². The third-order valence-electron chi connectivity index (χ3n) is 3.01. The zero-order chi connectivity index (χ0) is 13.8. The SMILES string of the molecule is Cl.NC(CNC(=O)CSc1cc(Cl)ccc1Cl)C1CC1. The van der Waals surface area contributed by atoms with Crippen LogP contribution in [-0.2, 0) is 4.79 Å². The maximum absolute atomic E-state index is 11.7. The van der Waals surface area contributed by atoms with Crippen molar-refractivity contribution < 1.29 is 4.79 Å². The predicted molar refractivity (Wildman–Crippen MR) is 88.1 cm³/mol.